The lowest BCUT2D eigenvalue weighted by molar-refractivity contribution is 0.675. The van der Waals surface area contributed by atoms with Crippen LogP contribution in [0.5, 0.6) is 0 Å². The first-order valence-corrected chi connectivity index (χ1v) is 10.9. The number of hydrogen-bond acceptors (Lipinski definition) is 4. The Morgan fingerprint density at radius 2 is 2.11 bits per heavy atom. The molecule has 1 aliphatic rings. The molecule has 2 heterocycles. The van der Waals surface area contributed by atoms with E-state index in [1.807, 2.05) is 30.3 Å². The van der Waals surface area contributed by atoms with Gasteiger partial charge >= 0.3 is 0 Å². The fourth-order valence-electron chi connectivity index (χ4n) is 3.68. The maximum absolute atomic E-state index is 12.6. The van der Waals surface area contributed by atoms with Gasteiger partial charge in [-0.15, -0.1) is 0 Å². The third-order valence-electron chi connectivity index (χ3n) is 5.29. The number of nitrogens with one attached hydrogen (secondary N) is 2. The van der Waals surface area contributed by atoms with Crippen LogP contribution in [0.4, 0.5) is 5.69 Å². The van der Waals surface area contributed by atoms with Crippen molar-refractivity contribution in [3.05, 3.63) is 48.5 Å². The highest BCUT2D eigenvalue weighted by molar-refractivity contribution is 7.92. The van der Waals surface area contributed by atoms with E-state index in [2.05, 4.69) is 28.1 Å². The van der Waals surface area contributed by atoms with E-state index in [1.165, 1.54) is 0 Å². The van der Waals surface area contributed by atoms with Gasteiger partial charge in [0.2, 0.25) is 0 Å². The normalized spacial score (nSPS) is 19.1. The Kier molecular flexibility index (Phi) is 4.40. The predicted molar refractivity (Wildman–Crippen MR) is 109 cm³/mol. The third kappa shape index (κ3) is 3.19. The highest BCUT2D eigenvalue weighted by Crippen LogP contribution is 2.37. The molecule has 1 aromatic heterocycles. The quantitative estimate of drug-likeness (QED) is 0.695. The van der Waals surface area contributed by atoms with Gasteiger partial charge in [0.25, 0.3) is 0 Å². The van der Waals surface area contributed by atoms with Crippen molar-refractivity contribution < 1.29 is 4.21 Å². The number of rotatable bonds is 4. The van der Waals surface area contributed by atoms with Crippen LogP contribution >= 0.6 is 0 Å². The zero-order chi connectivity index (χ0) is 19.0. The van der Waals surface area contributed by atoms with Gasteiger partial charge in [-0.05, 0) is 36.8 Å². The molecule has 0 aliphatic carbocycles. The maximum atomic E-state index is 12.6. The van der Waals surface area contributed by atoms with Crippen LogP contribution < -0.4 is 4.90 Å². The molecule has 4 rings (SSSR count). The van der Waals surface area contributed by atoms with Crippen LogP contribution in [0.3, 0.4) is 0 Å². The van der Waals surface area contributed by atoms with Crippen LogP contribution in [-0.2, 0) is 9.73 Å². The summed E-state index contributed by atoms with van der Waals surface area (Å²) in [6, 6.07) is 18.2. The molecule has 27 heavy (non-hydrogen) atoms. The number of fused-ring (bicyclic) bond motifs is 1. The van der Waals surface area contributed by atoms with Crippen LogP contribution in [0.15, 0.2) is 53.4 Å². The Hall–Kier alpha value is -2.78. The lowest BCUT2D eigenvalue weighted by atomic mass is 10.1. The molecule has 3 aromatic rings. The zero-order valence-corrected chi connectivity index (χ0v) is 16.1. The molecule has 1 fully saturated rings. The molecule has 2 N–H and O–H groups in total. The van der Waals surface area contributed by atoms with Crippen LogP contribution in [0.2, 0.25) is 0 Å². The van der Waals surface area contributed by atoms with E-state index in [0.717, 1.165) is 40.8 Å². The standard InChI is InChI=1S/C21H22N4OS/c1-2-27(23,26)17-7-8-21(25-10-9-15(13-22)14-25)18(12-17)20-11-16-5-3-4-6-19(16)24-20/h3-8,11-12,15,23-24H,2,9-10,14H2,1H3/t15-,27+/m1/s1. The van der Waals surface area contributed by atoms with Crippen molar-refractivity contribution >= 4 is 26.3 Å². The number of para-hydroxylation sites is 1. The Morgan fingerprint density at radius 3 is 2.81 bits per heavy atom. The molecule has 0 spiro atoms. The topological polar surface area (TPSA) is 83.7 Å². The first-order valence-electron chi connectivity index (χ1n) is 9.15. The second-order valence-electron chi connectivity index (χ2n) is 6.97. The van der Waals surface area contributed by atoms with E-state index in [1.54, 1.807) is 13.0 Å². The number of aromatic amines is 1. The van der Waals surface area contributed by atoms with Crippen LogP contribution in [0.25, 0.3) is 22.2 Å². The summed E-state index contributed by atoms with van der Waals surface area (Å²) >= 11 is 0. The Balaban J connectivity index is 1.87. The molecular weight excluding hydrogens is 356 g/mol. The summed E-state index contributed by atoms with van der Waals surface area (Å²) in [6.07, 6.45) is 0.856. The number of H-pyrrole nitrogens is 1. The number of hydrogen-bond donors (Lipinski definition) is 2. The van der Waals surface area contributed by atoms with Crippen LogP contribution in [0, 0.1) is 22.0 Å². The van der Waals surface area contributed by atoms with Crippen molar-refractivity contribution in [3.63, 3.8) is 0 Å². The molecule has 2 atom stereocenters. The first-order chi connectivity index (χ1) is 13.0. The summed E-state index contributed by atoms with van der Waals surface area (Å²) in [5.74, 6) is 0.329. The third-order valence-corrected chi connectivity index (χ3v) is 7.12. The van der Waals surface area contributed by atoms with E-state index in [4.69, 9.17) is 4.78 Å². The molecule has 1 saturated heterocycles. The van der Waals surface area contributed by atoms with E-state index in [-0.39, 0.29) is 5.92 Å². The fraction of sp³-hybridized carbons (Fsp3) is 0.286. The minimum Gasteiger partial charge on any atom is -0.370 e. The summed E-state index contributed by atoms with van der Waals surface area (Å²) in [4.78, 5) is 6.22. The lowest BCUT2D eigenvalue weighted by Gasteiger charge is -2.22. The fourth-order valence-corrected chi connectivity index (χ4v) is 4.61. The molecule has 0 radical (unpaired) electrons. The number of nitrogens with zero attached hydrogens (tertiary/aromatic N) is 2. The van der Waals surface area contributed by atoms with Crippen molar-refractivity contribution in [2.75, 3.05) is 23.7 Å². The van der Waals surface area contributed by atoms with Crippen molar-refractivity contribution in [2.24, 2.45) is 5.92 Å². The van der Waals surface area contributed by atoms with E-state index < -0.39 is 9.73 Å². The minimum absolute atomic E-state index is 0.0382. The second kappa shape index (κ2) is 6.75. The molecule has 5 nitrogen and oxygen atoms in total. The maximum Gasteiger partial charge on any atom is 0.0723 e. The summed E-state index contributed by atoms with van der Waals surface area (Å²) < 4.78 is 20.8. The van der Waals surface area contributed by atoms with E-state index in [9.17, 15) is 9.47 Å². The smallest absolute Gasteiger partial charge is 0.0723 e. The predicted octanol–water partition coefficient (Wildman–Crippen LogP) is 4.61. The largest absolute Gasteiger partial charge is 0.370 e. The van der Waals surface area contributed by atoms with Crippen LogP contribution in [0.1, 0.15) is 13.3 Å². The van der Waals surface area contributed by atoms with Gasteiger partial charge in [-0.25, -0.2) is 8.99 Å². The monoisotopic (exact) mass is 378 g/mol. The van der Waals surface area contributed by atoms with Gasteiger partial charge in [0.15, 0.2) is 0 Å². The number of nitriles is 1. The highest BCUT2D eigenvalue weighted by atomic mass is 32.2. The zero-order valence-electron chi connectivity index (χ0n) is 15.2. The molecule has 0 saturated carbocycles. The summed E-state index contributed by atoms with van der Waals surface area (Å²) in [5, 5.41) is 10.4. The molecule has 0 unspecified atom stereocenters. The van der Waals surface area contributed by atoms with Crippen molar-refractivity contribution in [1.29, 1.82) is 10.0 Å². The molecule has 2 aromatic carbocycles. The van der Waals surface area contributed by atoms with Gasteiger partial charge in [-0.2, -0.15) is 5.26 Å². The molecule has 0 amide bonds. The van der Waals surface area contributed by atoms with Gasteiger partial charge in [0, 0.05) is 51.6 Å². The molecular formula is C21H22N4OS. The second-order valence-corrected chi connectivity index (χ2v) is 9.37. The summed E-state index contributed by atoms with van der Waals surface area (Å²) in [5.41, 5.74) is 3.95. The molecule has 6 heteroatoms. The first kappa shape index (κ1) is 17.6. The Bertz CT molecular complexity index is 1110. The highest BCUT2D eigenvalue weighted by Gasteiger charge is 2.25. The van der Waals surface area contributed by atoms with Gasteiger partial charge in [-0.3, -0.25) is 0 Å². The Morgan fingerprint density at radius 1 is 1.30 bits per heavy atom. The molecule has 138 valence electrons. The SMILES string of the molecule is CC[S@](=N)(=O)c1ccc(N2CC[C@H](C#N)C2)c(-c2cc3ccccc3[nH]2)c1. The van der Waals surface area contributed by atoms with Gasteiger partial charge in [-0.1, -0.05) is 25.1 Å². The average Bonchev–Trinajstić information content (AvgIpc) is 3.34. The molecule has 1 aliphatic heterocycles. The van der Waals surface area contributed by atoms with Crippen molar-refractivity contribution in [3.8, 4) is 17.3 Å². The lowest BCUT2D eigenvalue weighted by Crippen LogP contribution is -2.20. The Labute approximate surface area is 159 Å². The van der Waals surface area contributed by atoms with Gasteiger partial charge < -0.3 is 9.88 Å². The summed E-state index contributed by atoms with van der Waals surface area (Å²) in [6.45, 7) is 3.31. The average molecular weight is 379 g/mol. The van der Waals surface area contributed by atoms with Gasteiger partial charge in [0.05, 0.1) is 21.7 Å². The van der Waals surface area contributed by atoms with Crippen LogP contribution in [-0.4, -0.2) is 28.0 Å². The van der Waals surface area contributed by atoms with Crippen molar-refractivity contribution in [2.45, 2.75) is 18.2 Å². The number of anilines is 1. The van der Waals surface area contributed by atoms with E-state index >= 15 is 0 Å². The van der Waals surface area contributed by atoms with Gasteiger partial charge in [0.1, 0.15) is 0 Å². The minimum atomic E-state index is -2.80. The number of benzene rings is 2. The van der Waals surface area contributed by atoms with E-state index in [0.29, 0.717) is 17.2 Å². The summed E-state index contributed by atoms with van der Waals surface area (Å²) in [7, 11) is -2.80. The van der Waals surface area contributed by atoms with Crippen molar-refractivity contribution in [1.82, 2.24) is 4.98 Å². The number of aromatic nitrogens is 1. The molecule has 0 bridgehead atoms.